The van der Waals surface area contributed by atoms with Crippen LogP contribution in [0.2, 0.25) is 0 Å². The molecular weight excluding hydrogens is 354 g/mol. The summed E-state index contributed by atoms with van der Waals surface area (Å²) in [4.78, 5) is 23.0. The number of benzene rings is 2. The van der Waals surface area contributed by atoms with Crippen molar-refractivity contribution in [2.75, 3.05) is 36.2 Å². The molecule has 0 aliphatic rings. The maximum absolute atomic E-state index is 12.5. The van der Waals surface area contributed by atoms with Crippen molar-refractivity contribution in [2.24, 2.45) is 0 Å². The van der Waals surface area contributed by atoms with Crippen molar-refractivity contribution in [2.45, 2.75) is 6.92 Å². The summed E-state index contributed by atoms with van der Waals surface area (Å²) in [6, 6.07) is 16.6. The van der Waals surface area contributed by atoms with Gasteiger partial charge in [0.1, 0.15) is 11.4 Å². The molecule has 2 aromatic carbocycles. The predicted octanol–water partition coefficient (Wildman–Crippen LogP) is 3.94. The first-order valence-corrected chi connectivity index (χ1v) is 8.97. The highest BCUT2D eigenvalue weighted by atomic mass is 16.5. The number of carbonyl (C=O) groups excluding carboxylic acids is 1. The van der Waals surface area contributed by atoms with E-state index in [1.807, 2.05) is 74.4 Å². The molecule has 1 heterocycles. The topological polar surface area (TPSA) is 79.4 Å². The molecule has 0 atom stereocenters. The van der Waals surface area contributed by atoms with Gasteiger partial charge in [0, 0.05) is 37.4 Å². The molecule has 1 aromatic heterocycles. The first-order valence-electron chi connectivity index (χ1n) is 8.97. The molecule has 0 fully saturated rings. The standard InChI is InChI=1S/C21H23N5O2/c1-4-28-18-11-7-16(8-12-18)24-21-22-14-13-19(25-21)20(27)23-15-5-9-17(10-6-15)26(2)3/h5-14H,4H2,1-3H3,(H,23,27)(H,22,24,25). The minimum absolute atomic E-state index is 0.278. The molecule has 0 saturated heterocycles. The number of hydrogen-bond acceptors (Lipinski definition) is 6. The van der Waals surface area contributed by atoms with Crippen LogP contribution in [-0.4, -0.2) is 36.6 Å². The summed E-state index contributed by atoms with van der Waals surface area (Å²) in [6.07, 6.45) is 1.55. The van der Waals surface area contributed by atoms with Gasteiger partial charge in [-0.05, 0) is 61.5 Å². The highest BCUT2D eigenvalue weighted by molar-refractivity contribution is 6.03. The summed E-state index contributed by atoms with van der Waals surface area (Å²) in [5, 5.41) is 5.93. The zero-order valence-electron chi connectivity index (χ0n) is 16.1. The van der Waals surface area contributed by atoms with Crippen LogP contribution in [0.15, 0.2) is 60.8 Å². The molecule has 28 heavy (non-hydrogen) atoms. The fourth-order valence-corrected chi connectivity index (χ4v) is 2.51. The Bertz CT molecular complexity index is 924. The van der Waals surface area contributed by atoms with Gasteiger partial charge in [0.05, 0.1) is 6.61 Å². The molecule has 7 nitrogen and oxygen atoms in total. The summed E-state index contributed by atoms with van der Waals surface area (Å²) < 4.78 is 5.42. The van der Waals surface area contributed by atoms with E-state index in [1.165, 1.54) is 0 Å². The molecule has 0 unspecified atom stereocenters. The Hall–Kier alpha value is -3.61. The van der Waals surface area contributed by atoms with Crippen LogP contribution >= 0.6 is 0 Å². The molecule has 144 valence electrons. The summed E-state index contributed by atoms with van der Waals surface area (Å²) >= 11 is 0. The van der Waals surface area contributed by atoms with E-state index in [2.05, 4.69) is 20.6 Å². The molecule has 0 radical (unpaired) electrons. The second kappa shape index (κ2) is 8.85. The third-order valence-electron chi connectivity index (χ3n) is 3.95. The van der Waals surface area contributed by atoms with Gasteiger partial charge >= 0.3 is 0 Å². The lowest BCUT2D eigenvalue weighted by atomic mass is 10.2. The lowest BCUT2D eigenvalue weighted by Gasteiger charge is -2.13. The van der Waals surface area contributed by atoms with E-state index in [1.54, 1.807) is 12.3 Å². The molecule has 0 aliphatic heterocycles. The van der Waals surface area contributed by atoms with Crippen LogP contribution in [0.3, 0.4) is 0 Å². The van der Waals surface area contributed by atoms with Crippen molar-refractivity contribution < 1.29 is 9.53 Å². The summed E-state index contributed by atoms with van der Waals surface area (Å²) in [7, 11) is 3.93. The van der Waals surface area contributed by atoms with Crippen molar-refractivity contribution in [3.8, 4) is 5.75 Å². The minimum Gasteiger partial charge on any atom is -0.494 e. The smallest absolute Gasteiger partial charge is 0.274 e. The molecule has 0 bridgehead atoms. The predicted molar refractivity (Wildman–Crippen MR) is 112 cm³/mol. The number of ether oxygens (including phenoxy) is 1. The van der Waals surface area contributed by atoms with E-state index in [9.17, 15) is 4.79 Å². The van der Waals surface area contributed by atoms with E-state index >= 15 is 0 Å². The Morgan fingerprint density at radius 3 is 2.32 bits per heavy atom. The first kappa shape index (κ1) is 19.2. The highest BCUT2D eigenvalue weighted by Crippen LogP contribution is 2.19. The van der Waals surface area contributed by atoms with Crippen molar-refractivity contribution in [3.63, 3.8) is 0 Å². The number of amides is 1. The van der Waals surface area contributed by atoms with Gasteiger partial charge in [-0.1, -0.05) is 0 Å². The van der Waals surface area contributed by atoms with Crippen LogP contribution in [-0.2, 0) is 0 Å². The molecule has 3 rings (SSSR count). The summed E-state index contributed by atoms with van der Waals surface area (Å²) in [5.41, 5.74) is 2.84. The van der Waals surface area contributed by atoms with E-state index in [4.69, 9.17) is 4.74 Å². The second-order valence-corrected chi connectivity index (χ2v) is 6.24. The van der Waals surface area contributed by atoms with E-state index in [0.717, 1.165) is 17.1 Å². The van der Waals surface area contributed by atoms with Crippen LogP contribution in [0.5, 0.6) is 5.75 Å². The molecule has 3 aromatic rings. The molecule has 0 spiro atoms. The minimum atomic E-state index is -0.297. The number of nitrogens with one attached hydrogen (secondary N) is 2. The molecule has 0 saturated carbocycles. The normalized spacial score (nSPS) is 10.2. The summed E-state index contributed by atoms with van der Waals surface area (Å²) in [6.45, 7) is 2.55. The maximum atomic E-state index is 12.5. The van der Waals surface area contributed by atoms with E-state index in [0.29, 0.717) is 18.2 Å². The van der Waals surface area contributed by atoms with Crippen LogP contribution < -0.4 is 20.3 Å². The van der Waals surface area contributed by atoms with Crippen LogP contribution in [0.25, 0.3) is 0 Å². The maximum Gasteiger partial charge on any atom is 0.274 e. The Morgan fingerprint density at radius 2 is 1.68 bits per heavy atom. The second-order valence-electron chi connectivity index (χ2n) is 6.24. The lowest BCUT2D eigenvalue weighted by molar-refractivity contribution is 0.102. The van der Waals surface area contributed by atoms with Gasteiger partial charge in [-0.25, -0.2) is 9.97 Å². The van der Waals surface area contributed by atoms with Gasteiger partial charge in [-0.2, -0.15) is 0 Å². The highest BCUT2D eigenvalue weighted by Gasteiger charge is 2.10. The number of hydrogen-bond donors (Lipinski definition) is 2. The van der Waals surface area contributed by atoms with Crippen LogP contribution in [0, 0.1) is 0 Å². The van der Waals surface area contributed by atoms with Gasteiger partial charge in [0.25, 0.3) is 5.91 Å². The molecule has 2 N–H and O–H groups in total. The molecule has 7 heteroatoms. The SMILES string of the molecule is CCOc1ccc(Nc2nccc(C(=O)Nc3ccc(N(C)C)cc3)n2)cc1. The third-order valence-corrected chi connectivity index (χ3v) is 3.95. The Morgan fingerprint density at radius 1 is 1.00 bits per heavy atom. The average molecular weight is 377 g/mol. The zero-order chi connectivity index (χ0) is 19.9. The van der Waals surface area contributed by atoms with Gasteiger partial charge in [0.15, 0.2) is 0 Å². The number of anilines is 4. The number of nitrogens with zero attached hydrogens (tertiary/aromatic N) is 3. The molecule has 1 amide bonds. The Kier molecular flexibility index (Phi) is 6.06. The number of aromatic nitrogens is 2. The van der Waals surface area contributed by atoms with Gasteiger partial charge < -0.3 is 20.3 Å². The number of rotatable bonds is 7. The lowest BCUT2D eigenvalue weighted by Crippen LogP contribution is -2.15. The first-order chi connectivity index (χ1) is 13.5. The average Bonchev–Trinajstić information content (AvgIpc) is 2.70. The van der Waals surface area contributed by atoms with Crippen molar-refractivity contribution >= 4 is 28.9 Å². The van der Waals surface area contributed by atoms with Crippen molar-refractivity contribution in [1.29, 1.82) is 0 Å². The molecular formula is C21H23N5O2. The van der Waals surface area contributed by atoms with E-state index < -0.39 is 0 Å². The Balaban J connectivity index is 1.67. The van der Waals surface area contributed by atoms with Crippen LogP contribution in [0.1, 0.15) is 17.4 Å². The quantitative estimate of drug-likeness (QED) is 0.649. The monoisotopic (exact) mass is 377 g/mol. The largest absolute Gasteiger partial charge is 0.494 e. The molecule has 0 aliphatic carbocycles. The van der Waals surface area contributed by atoms with Crippen LogP contribution in [0.4, 0.5) is 23.0 Å². The number of carbonyl (C=O) groups is 1. The third kappa shape index (κ3) is 4.97. The van der Waals surface area contributed by atoms with Crippen molar-refractivity contribution in [3.05, 3.63) is 66.5 Å². The van der Waals surface area contributed by atoms with Crippen molar-refractivity contribution in [1.82, 2.24) is 9.97 Å². The van der Waals surface area contributed by atoms with E-state index in [-0.39, 0.29) is 11.6 Å². The zero-order valence-corrected chi connectivity index (χ0v) is 16.1. The fourth-order valence-electron chi connectivity index (χ4n) is 2.51. The van der Waals surface area contributed by atoms with Gasteiger partial charge in [-0.15, -0.1) is 0 Å². The Labute approximate surface area is 164 Å². The summed E-state index contributed by atoms with van der Waals surface area (Å²) in [5.74, 6) is 0.844. The van der Waals surface area contributed by atoms with Gasteiger partial charge in [0.2, 0.25) is 5.95 Å². The fraction of sp³-hybridized carbons (Fsp3) is 0.190. The van der Waals surface area contributed by atoms with Gasteiger partial charge in [-0.3, -0.25) is 4.79 Å².